The molecule has 3 fully saturated rings. The van der Waals surface area contributed by atoms with E-state index >= 15 is 0 Å². The second-order valence-electron chi connectivity index (χ2n) is 12.4. The SMILES string of the molecule is CC(C)(C)OC(=O)N1CC[C@@](C)(OC(=O)N[C@H]2CCN(c3ccn4ncc(-c5cccnc5OC5CC5)c4n3)C2)C1. The van der Waals surface area contributed by atoms with Crippen LogP contribution < -0.4 is 15.0 Å². The molecule has 3 aromatic heterocycles. The van der Waals surface area contributed by atoms with Gasteiger partial charge in [-0.3, -0.25) is 0 Å². The minimum atomic E-state index is -0.765. The molecule has 2 atom stereocenters. The van der Waals surface area contributed by atoms with Crippen LogP contribution in [0.25, 0.3) is 16.8 Å². The maximum absolute atomic E-state index is 12.8. The van der Waals surface area contributed by atoms with Crippen molar-refractivity contribution in [2.75, 3.05) is 31.1 Å². The first kappa shape index (κ1) is 27.1. The molecule has 3 aromatic rings. The molecule has 0 unspecified atom stereocenters. The number of pyridine rings is 1. The molecule has 0 spiro atoms. The summed E-state index contributed by atoms with van der Waals surface area (Å²) in [5.41, 5.74) is 1.11. The van der Waals surface area contributed by atoms with Gasteiger partial charge in [-0.2, -0.15) is 5.10 Å². The predicted molar refractivity (Wildman–Crippen MR) is 151 cm³/mol. The number of carbonyl (C=O) groups excluding carboxylic acids is 2. The van der Waals surface area contributed by atoms with Crippen LogP contribution in [0, 0.1) is 0 Å². The van der Waals surface area contributed by atoms with Gasteiger partial charge in [-0.05, 0) is 65.2 Å². The third kappa shape index (κ3) is 6.15. The number of anilines is 1. The third-order valence-electron chi connectivity index (χ3n) is 7.48. The van der Waals surface area contributed by atoms with E-state index in [4.69, 9.17) is 19.2 Å². The number of alkyl carbamates (subject to hydrolysis) is 1. The van der Waals surface area contributed by atoms with Gasteiger partial charge in [0, 0.05) is 44.0 Å². The van der Waals surface area contributed by atoms with Crippen molar-refractivity contribution in [1.82, 2.24) is 29.8 Å². The number of nitrogens with one attached hydrogen (secondary N) is 1. The molecule has 6 rings (SSSR count). The lowest BCUT2D eigenvalue weighted by atomic mass is 10.1. The summed E-state index contributed by atoms with van der Waals surface area (Å²) in [6.45, 7) is 9.47. The number of nitrogens with zero attached hydrogens (tertiary/aromatic N) is 6. The molecule has 2 aliphatic heterocycles. The van der Waals surface area contributed by atoms with Crippen molar-refractivity contribution in [2.45, 2.75) is 76.7 Å². The standard InChI is InChI=1S/C29H37N7O5/c1-28(2,3)41-27(38)35-15-11-29(4,18-35)40-26(37)32-19-9-13-34(17-19)23-10-14-36-24(33-23)22(16-31-36)21-6-5-12-30-25(21)39-20-7-8-20/h5-6,10,12,14,16,19-20H,7-9,11,13,15,17-18H2,1-4H3,(H,32,37)/t19-,29+/m0/s1. The highest BCUT2D eigenvalue weighted by Gasteiger charge is 2.41. The lowest BCUT2D eigenvalue weighted by Gasteiger charge is -2.27. The van der Waals surface area contributed by atoms with Crippen molar-refractivity contribution in [3.05, 3.63) is 36.8 Å². The molecular formula is C29H37N7O5. The number of likely N-dealkylation sites (tertiary alicyclic amines) is 1. The molecular weight excluding hydrogens is 526 g/mol. The Morgan fingerprint density at radius 2 is 1.95 bits per heavy atom. The molecule has 12 heteroatoms. The quantitative estimate of drug-likeness (QED) is 0.473. The number of rotatable bonds is 6. The average Bonchev–Trinajstić information content (AvgIpc) is 3.27. The van der Waals surface area contributed by atoms with Crippen molar-refractivity contribution in [2.24, 2.45) is 0 Å². The molecule has 0 aromatic carbocycles. The van der Waals surface area contributed by atoms with Crippen LogP contribution in [0.3, 0.4) is 0 Å². The van der Waals surface area contributed by atoms with Gasteiger partial charge in [0.15, 0.2) is 5.65 Å². The summed E-state index contributed by atoms with van der Waals surface area (Å²) in [5, 5.41) is 7.49. The van der Waals surface area contributed by atoms with Gasteiger partial charge >= 0.3 is 12.2 Å². The van der Waals surface area contributed by atoms with Crippen LogP contribution in [0.1, 0.15) is 53.4 Å². The van der Waals surface area contributed by atoms with Crippen LogP contribution in [0.15, 0.2) is 36.8 Å². The highest BCUT2D eigenvalue weighted by molar-refractivity contribution is 5.80. The van der Waals surface area contributed by atoms with Gasteiger partial charge in [0.25, 0.3) is 0 Å². The highest BCUT2D eigenvalue weighted by atomic mass is 16.6. The second-order valence-corrected chi connectivity index (χ2v) is 12.4. The van der Waals surface area contributed by atoms with Gasteiger partial charge in [-0.1, -0.05) is 0 Å². The van der Waals surface area contributed by atoms with Crippen LogP contribution in [-0.4, -0.2) is 86.2 Å². The van der Waals surface area contributed by atoms with Gasteiger partial charge in [0.2, 0.25) is 5.88 Å². The maximum atomic E-state index is 12.8. The fraction of sp³-hybridized carbons (Fsp3) is 0.552. The minimum Gasteiger partial charge on any atom is -0.474 e. The summed E-state index contributed by atoms with van der Waals surface area (Å²) in [5.74, 6) is 1.41. The molecule has 2 amide bonds. The minimum absolute atomic E-state index is 0.0891. The summed E-state index contributed by atoms with van der Waals surface area (Å²) in [6, 6.07) is 5.71. The Morgan fingerprint density at radius 1 is 1.12 bits per heavy atom. The lowest BCUT2D eigenvalue weighted by molar-refractivity contribution is 0.0109. The average molecular weight is 564 g/mol. The molecule has 12 nitrogen and oxygen atoms in total. The Balaban J connectivity index is 1.08. The van der Waals surface area contributed by atoms with E-state index in [1.165, 1.54) is 0 Å². The molecule has 41 heavy (non-hydrogen) atoms. The van der Waals surface area contributed by atoms with Crippen molar-refractivity contribution in [3.63, 3.8) is 0 Å². The van der Waals surface area contributed by atoms with E-state index in [2.05, 4.69) is 20.3 Å². The van der Waals surface area contributed by atoms with Crippen molar-refractivity contribution < 1.29 is 23.8 Å². The van der Waals surface area contributed by atoms with E-state index in [9.17, 15) is 9.59 Å². The fourth-order valence-corrected chi connectivity index (χ4v) is 5.26. The Kier molecular flexibility index (Phi) is 6.87. The Hall–Kier alpha value is -4.09. The summed E-state index contributed by atoms with van der Waals surface area (Å²) < 4.78 is 19.1. The number of aromatic nitrogens is 4. The van der Waals surface area contributed by atoms with Gasteiger partial charge in [0.1, 0.15) is 23.1 Å². The fourth-order valence-electron chi connectivity index (χ4n) is 5.26. The molecule has 0 radical (unpaired) electrons. The molecule has 1 aliphatic carbocycles. The zero-order valence-electron chi connectivity index (χ0n) is 24.0. The molecule has 0 bridgehead atoms. The van der Waals surface area contributed by atoms with Gasteiger partial charge in [-0.15, -0.1) is 0 Å². The number of amides is 2. The maximum Gasteiger partial charge on any atom is 0.410 e. The van der Waals surface area contributed by atoms with E-state index in [0.29, 0.717) is 31.9 Å². The lowest BCUT2D eigenvalue weighted by Crippen LogP contribution is -2.44. The van der Waals surface area contributed by atoms with Crippen LogP contribution in [0.2, 0.25) is 0 Å². The van der Waals surface area contributed by atoms with Crippen molar-refractivity contribution in [3.8, 4) is 17.0 Å². The third-order valence-corrected chi connectivity index (χ3v) is 7.48. The van der Waals surface area contributed by atoms with Gasteiger partial charge in [0.05, 0.1) is 24.3 Å². The van der Waals surface area contributed by atoms with E-state index in [-0.39, 0.29) is 12.1 Å². The summed E-state index contributed by atoms with van der Waals surface area (Å²) >= 11 is 0. The summed E-state index contributed by atoms with van der Waals surface area (Å²) in [4.78, 5) is 38.4. The van der Waals surface area contributed by atoms with Crippen LogP contribution in [-0.2, 0) is 9.47 Å². The number of hydrogen-bond donors (Lipinski definition) is 1. The molecule has 218 valence electrons. The highest BCUT2D eigenvalue weighted by Crippen LogP contribution is 2.35. The largest absolute Gasteiger partial charge is 0.474 e. The Bertz CT molecular complexity index is 1450. The molecule has 2 saturated heterocycles. The van der Waals surface area contributed by atoms with E-state index < -0.39 is 23.4 Å². The van der Waals surface area contributed by atoms with Crippen molar-refractivity contribution in [1.29, 1.82) is 0 Å². The Morgan fingerprint density at radius 3 is 2.73 bits per heavy atom. The zero-order chi connectivity index (χ0) is 28.8. The van der Waals surface area contributed by atoms with Crippen LogP contribution >= 0.6 is 0 Å². The number of ether oxygens (including phenoxy) is 3. The topological polar surface area (TPSA) is 123 Å². The summed E-state index contributed by atoms with van der Waals surface area (Å²) in [6.07, 6.45) is 8.20. The van der Waals surface area contributed by atoms with E-state index in [1.807, 2.05) is 52.1 Å². The smallest absolute Gasteiger partial charge is 0.410 e. The molecule has 1 N–H and O–H groups in total. The monoisotopic (exact) mass is 563 g/mol. The molecule has 3 aliphatic rings. The van der Waals surface area contributed by atoms with Gasteiger partial charge < -0.3 is 29.3 Å². The number of carbonyl (C=O) groups is 2. The second kappa shape index (κ2) is 10.4. The van der Waals surface area contributed by atoms with Crippen LogP contribution in [0.5, 0.6) is 5.88 Å². The first-order valence-electron chi connectivity index (χ1n) is 14.2. The molecule has 1 saturated carbocycles. The zero-order valence-corrected chi connectivity index (χ0v) is 24.0. The first-order valence-corrected chi connectivity index (χ1v) is 14.2. The number of hydrogen-bond acceptors (Lipinski definition) is 9. The van der Waals surface area contributed by atoms with E-state index in [0.717, 1.165) is 48.4 Å². The van der Waals surface area contributed by atoms with E-state index in [1.54, 1.807) is 21.8 Å². The normalized spacial score (nSPS) is 22.7. The number of fused-ring (bicyclic) bond motifs is 1. The molecule has 5 heterocycles. The first-order chi connectivity index (χ1) is 19.6. The predicted octanol–water partition coefficient (Wildman–Crippen LogP) is 4.04. The summed E-state index contributed by atoms with van der Waals surface area (Å²) in [7, 11) is 0. The van der Waals surface area contributed by atoms with Crippen molar-refractivity contribution >= 4 is 23.7 Å². The van der Waals surface area contributed by atoms with Crippen LogP contribution in [0.4, 0.5) is 15.4 Å². The van der Waals surface area contributed by atoms with Gasteiger partial charge in [-0.25, -0.2) is 24.1 Å². The Labute approximate surface area is 239 Å².